The van der Waals surface area contributed by atoms with E-state index in [1.165, 1.54) is 30.7 Å². The predicted octanol–water partition coefficient (Wildman–Crippen LogP) is 0.640. The van der Waals surface area contributed by atoms with Crippen LogP contribution in [0, 0.1) is 5.82 Å². The van der Waals surface area contributed by atoms with Crippen LogP contribution in [-0.4, -0.2) is 26.9 Å². The molecule has 0 spiro atoms. The van der Waals surface area contributed by atoms with Crippen molar-refractivity contribution in [1.29, 1.82) is 0 Å². The van der Waals surface area contributed by atoms with E-state index in [1.807, 2.05) is 0 Å². The molecule has 7 nitrogen and oxygen atoms in total. The van der Waals surface area contributed by atoms with Gasteiger partial charge < -0.3 is 16.3 Å². The van der Waals surface area contributed by atoms with E-state index in [2.05, 4.69) is 20.4 Å². The average Bonchev–Trinajstić information content (AvgIpc) is 2.53. The second-order valence-corrected chi connectivity index (χ2v) is 4.06. The normalized spacial score (nSPS) is 11.2. The van der Waals surface area contributed by atoms with Crippen LogP contribution in [-0.2, 0) is 6.54 Å². The number of aromatic nitrogens is 2. The number of nitrogens with two attached hydrogens (primary N) is 1. The third-order valence-corrected chi connectivity index (χ3v) is 2.69. The molecule has 0 radical (unpaired) electrons. The Balaban J connectivity index is 2.06. The number of carbonyl (C=O) groups is 1. The molecule has 0 saturated heterocycles. The fourth-order valence-corrected chi connectivity index (χ4v) is 1.59. The number of nitrogens with one attached hydrogen (secondary N) is 1. The number of hydrogen-bond acceptors (Lipinski definition) is 5. The summed E-state index contributed by atoms with van der Waals surface area (Å²) < 4.78 is 13.8. The molecule has 0 aliphatic rings. The molecule has 1 aromatic heterocycles. The maximum Gasteiger partial charge on any atom is 0.271 e. The zero-order valence-electron chi connectivity index (χ0n) is 10.8. The Kier molecular flexibility index (Phi) is 4.39. The van der Waals surface area contributed by atoms with Crippen LogP contribution in [0.2, 0.25) is 0 Å². The first-order valence-electron chi connectivity index (χ1n) is 5.92. The van der Waals surface area contributed by atoms with E-state index in [4.69, 9.17) is 10.9 Å². The molecular weight excluding hydrogens is 277 g/mol. The number of amidine groups is 1. The first-order valence-corrected chi connectivity index (χ1v) is 5.92. The Morgan fingerprint density at radius 3 is 2.86 bits per heavy atom. The van der Waals surface area contributed by atoms with Gasteiger partial charge in [-0.25, -0.2) is 9.37 Å². The zero-order chi connectivity index (χ0) is 15.2. The maximum atomic E-state index is 13.8. The van der Waals surface area contributed by atoms with Gasteiger partial charge in [0.25, 0.3) is 5.91 Å². The Morgan fingerprint density at radius 1 is 1.43 bits per heavy atom. The van der Waals surface area contributed by atoms with E-state index in [1.54, 1.807) is 0 Å². The summed E-state index contributed by atoms with van der Waals surface area (Å²) >= 11 is 0. The Hall–Kier alpha value is -3.03. The first-order chi connectivity index (χ1) is 10.1. The lowest BCUT2D eigenvalue weighted by Crippen LogP contribution is -2.24. The molecule has 0 atom stereocenters. The molecule has 8 heteroatoms. The number of hydrogen-bond donors (Lipinski definition) is 3. The van der Waals surface area contributed by atoms with Crippen LogP contribution in [0.3, 0.4) is 0 Å². The van der Waals surface area contributed by atoms with Crippen LogP contribution < -0.4 is 11.1 Å². The van der Waals surface area contributed by atoms with Crippen LogP contribution in [0.25, 0.3) is 0 Å². The minimum absolute atomic E-state index is 0.0162. The molecule has 0 aliphatic heterocycles. The van der Waals surface area contributed by atoms with E-state index in [0.29, 0.717) is 0 Å². The highest BCUT2D eigenvalue weighted by atomic mass is 19.1. The summed E-state index contributed by atoms with van der Waals surface area (Å²) in [5.74, 6) is -1.22. The van der Waals surface area contributed by atoms with Crippen molar-refractivity contribution in [1.82, 2.24) is 15.3 Å². The smallest absolute Gasteiger partial charge is 0.271 e. The van der Waals surface area contributed by atoms with Gasteiger partial charge in [-0.1, -0.05) is 17.3 Å². The molecule has 21 heavy (non-hydrogen) atoms. The van der Waals surface area contributed by atoms with E-state index in [9.17, 15) is 9.18 Å². The molecule has 2 aromatic rings. The lowest BCUT2D eigenvalue weighted by atomic mass is 10.1. The van der Waals surface area contributed by atoms with Crippen LogP contribution in [0.15, 0.2) is 41.9 Å². The Morgan fingerprint density at radius 2 is 2.24 bits per heavy atom. The van der Waals surface area contributed by atoms with Gasteiger partial charge in [0.05, 0.1) is 6.20 Å². The molecule has 1 aromatic carbocycles. The average molecular weight is 289 g/mol. The minimum Gasteiger partial charge on any atom is -0.409 e. The summed E-state index contributed by atoms with van der Waals surface area (Å²) in [7, 11) is 0. The summed E-state index contributed by atoms with van der Waals surface area (Å²) in [6.45, 7) is -0.0162. The fraction of sp³-hybridized carbons (Fsp3) is 0.0769. The quantitative estimate of drug-likeness (QED) is 0.331. The molecule has 1 heterocycles. The van der Waals surface area contributed by atoms with E-state index >= 15 is 0 Å². The van der Waals surface area contributed by atoms with Gasteiger partial charge in [0.1, 0.15) is 11.5 Å². The highest BCUT2D eigenvalue weighted by Gasteiger charge is 2.10. The molecule has 108 valence electrons. The van der Waals surface area contributed by atoms with Gasteiger partial charge in [-0.15, -0.1) is 0 Å². The largest absolute Gasteiger partial charge is 0.409 e. The minimum atomic E-state index is -0.571. The molecule has 0 fully saturated rings. The van der Waals surface area contributed by atoms with Gasteiger partial charge >= 0.3 is 0 Å². The highest BCUT2D eigenvalue weighted by Crippen LogP contribution is 2.10. The second kappa shape index (κ2) is 6.42. The van der Waals surface area contributed by atoms with E-state index in [-0.39, 0.29) is 29.2 Å². The summed E-state index contributed by atoms with van der Waals surface area (Å²) in [6, 6.07) is 4.06. The molecule has 0 aliphatic carbocycles. The zero-order valence-corrected chi connectivity index (χ0v) is 10.8. The predicted molar refractivity (Wildman–Crippen MR) is 72.1 cm³/mol. The molecule has 0 unspecified atom stereocenters. The summed E-state index contributed by atoms with van der Waals surface area (Å²) in [4.78, 5) is 19.3. The van der Waals surface area contributed by atoms with Crippen molar-refractivity contribution in [2.75, 3.05) is 0 Å². The lowest BCUT2D eigenvalue weighted by molar-refractivity contribution is 0.0945. The third kappa shape index (κ3) is 3.50. The van der Waals surface area contributed by atoms with Crippen LogP contribution in [0.1, 0.15) is 21.6 Å². The molecule has 0 saturated carbocycles. The van der Waals surface area contributed by atoms with Gasteiger partial charge in [-0.2, -0.15) is 0 Å². The van der Waals surface area contributed by atoms with Crippen molar-refractivity contribution in [3.63, 3.8) is 0 Å². The number of halogens is 1. The fourth-order valence-electron chi connectivity index (χ4n) is 1.59. The molecule has 2 rings (SSSR count). The van der Waals surface area contributed by atoms with Crippen molar-refractivity contribution in [3.8, 4) is 0 Å². The molecule has 1 amide bonds. The number of oxime groups is 1. The Labute approximate surface area is 119 Å². The maximum absolute atomic E-state index is 13.8. The number of amides is 1. The highest BCUT2D eigenvalue weighted by molar-refractivity contribution is 5.97. The van der Waals surface area contributed by atoms with E-state index in [0.717, 1.165) is 6.07 Å². The third-order valence-electron chi connectivity index (χ3n) is 2.69. The van der Waals surface area contributed by atoms with Crippen LogP contribution >= 0.6 is 0 Å². The Bertz CT molecular complexity index is 676. The van der Waals surface area contributed by atoms with Gasteiger partial charge in [-0.3, -0.25) is 9.78 Å². The summed E-state index contributed by atoms with van der Waals surface area (Å²) in [6.07, 6.45) is 4.15. The SMILES string of the molecule is NC(=NO)c1ccc(CNC(=O)c2cnccn2)c(F)c1. The molecule has 4 N–H and O–H groups in total. The van der Waals surface area contributed by atoms with Crippen molar-refractivity contribution in [2.24, 2.45) is 10.9 Å². The van der Waals surface area contributed by atoms with Crippen molar-refractivity contribution in [3.05, 3.63) is 59.4 Å². The van der Waals surface area contributed by atoms with Crippen molar-refractivity contribution < 1.29 is 14.4 Å². The monoisotopic (exact) mass is 289 g/mol. The van der Waals surface area contributed by atoms with E-state index < -0.39 is 11.7 Å². The van der Waals surface area contributed by atoms with Gasteiger partial charge in [-0.05, 0) is 6.07 Å². The number of nitrogens with zero attached hydrogens (tertiary/aromatic N) is 3. The summed E-state index contributed by atoms with van der Waals surface area (Å²) in [5, 5.41) is 13.8. The van der Waals surface area contributed by atoms with Crippen molar-refractivity contribution >= 4 is 11.7 Å². The van der Waals surface area contributed by atoms with Crippen molar-refractivity contribution in [2.45, 2.75) is 6.54 Å². The molecular formula is C13H12FN5O2. The lowest BCUT2D eigenvalue weighted by Gasteiger charge is -2.07. The first kappa shape index (κ1) is 14.4. The van der Waals surface area contributed by atoms with Gasteiger partial charge in [0.15, 0.2) is 5.84 Å². The number of rotatable bonds is 4. The second-order valence-electron chi connectivity index (χ2n) is 4.06. The number of benzene rings is 1. The van der Waals surface area contributed by atoms with Crippen LogP contribution in [0.5, 0.6) is 0 Å². The standard InChI is InChI=1S/C13H12FN5O2/c14-10-5-8(12(15)19-21)1-2-9(10)6-18-13(20)11-7-16-3-4-17-11/h1-5,7,21H,6H2,(H2,15,19)(H,18,20). The number of carbonyl (C=O) groups excluding carboxylic acids is 1. The topological polar surface area (TPSA) is 113 Å². The van der Waals surface area contributed by atoms with Gasteiger partial charge in [0.2, 0.25) is 0 Å². The van der Waals surface area contributed by atoms with Gasteiger partial charge in [0, 0.05) is 30.1 Å². The molecule has 0 bridgehead atoms. The van der Waals surface area contributed by atoms with Crippen LogP contribution in [0.4, 0.5) is 4.39 Å². The summed E-state index contributed by atoms with van der Waals surface area (Å²) in [5.41, 5.74) is 6.02.